The Morgan fingerprint density at radius 3 is 2.23 bits per heavy atom. The number of aromatic nitrogens is 1. The van der Waals surface area contributed by atoms with E-state index in [1.54, 1.807) is 32.0 Å². The fourth-order valence-electron chi connectivity index (χ4n) is 2.78. The molecule has 1 unspecified atom stereocenters. The van der Waals surface area contributed by atoms with Gasteiger partial charge in [0.2, 0.25) is 0 Å². The zero-order valence-corrected chi connectivity index (χ0v) is 25.6. The Hall–Kier alpha value is -2.21. The molecule has 1 heterocycles. The first-order valence-corrected chi connectivity index (χ1v) is 17.3. The van der Waals surface area contributed by atoms with E-state index >= 15 is 0 Å². The van der Waals surface area contributed by atoms with Gasteiger partial charge in [-0.05, 0) is 45.0 Å². The number of carbonyl (C=O) groups excluding carboxylic acids is 1. The molecule has 0 aliphatic heterocycles. The van der Waals surface area contributed by atoms with E-state index in [9.17, 15) is 9.36 Å². The quantitative estimate of drug-likeness (QED) is 0.119. The summed E-state index contributed by atoms with van der Waals surface area (Å²) >= 11 is 5.73. The van der Waals surface area contributed by atoms with E-state index in [-0.39, 0.29) is 23.3 Å². The zero-order chi connectivity index (χ0) is 28.9. The first kappa shape index (κ1) is 33.0. The van der Waals surface area contributed by atoms with E-state index < -0.39 is 19.5 Å². The van der Waals surface area contributed by atoms with E-state index in [0.29, 0.717) is 30.5 Å². The molecule has 0 radical (unpaired) electrons. The zero-order valence-electron chi connectivity index (χ0n) is 22.2. The fourth-order valence-corrected chi connectivity index (χ4v) is 6.00. The lowest BCUT2D eigenvalue weighted by Crippen LogP contribution is -2.12. The van der Waals surface area contributed by atoms with Gasteiger partial charge in [0, 0.05) is 24.5 Å². The largest absolute Gasteiger partial charge is 0.459 e. The molecule has 1 aromatic heterocycles. The molecule has 214 valence electrons. The molecule has 3 aromatic rings. The summed E-state index contributed by atoms with van der Waals surface area (Å²) in [6.45, 7) is 1.65. The molecule has 0 bridgehead atoms. The molecule has 2 aromatic carbocycles. The van der Waals surface area contributed by atoms with Crippen LogP contribution in [0.25, 0.3) is 11.3 Å². The lowest BCUT2D eigenvalue weighted by Gasteiger charge is -2.18. The molecule has 15 heteroatoms. The van der Waals surface area contributed by atoms with Crippen LogP contribution in [0.3, 0.4) is 0 Å². The second kappa shape index (κ2) is 16.2. The summed E-state index contributed by atoms with van der Waals surface area (Å²) < 4.78 is 48.5. The number of nitrogens with zero attached hydrogens (tertiary/aromatic N) is 1. The maximum atomic E-state index is 12.0. The van der Waals surface area contributed by atoms with Gasteiger partial charge in [0.15, 0.2) is 5.76 Å². The van der Waals surface area contributed by atoms with Crippen LogP contribution in [-0.2, 0) is 34.7 Å². The Morgan fingerprint density at radius 2 is 1.67 bits per heavy atom. The lowest BCUT2D eigenvalue weighted by atomic mass is 10.2. The van der Waals surface area contributed by atoms with Gasteiger partial charge in [0.05, 0.1) is 37.0 Å². The highest BCUT2D eigenvalue weighted by molar-refractivity contribution is 8.54. The highest BCUT2D eigenvalue weighted by Gasteiger charge is 2.27. The average molecular weight is 619 g/mol. The molecule has 0 aliphatic carbocycles. The number of ether oxygens (including phenoxy) is 1. The Bertz CT molecular complexity index is 1260. The first-order chi connectivity index (χ1) is 18.6. The molecule has 11 nitrogen and oxygen atoms in total. The molecule has 0 aliphatic rings. The predicted octanol–water partition coefficient (Wildman–Crippen LogP) is 7.01. The van der Waals surface area contributed by atoms with E-state index in [4.69, 9.17) is 48.8 Å². The van der Waals surface area contributed by atoms with Crippen molar-refractivity contribution in [2.75, 3.05) is 20.3 Å². The summed E-state index contributed by atoms with van der Waals surface area (Å²) in [4.78, 5) is 11.9. The predicted molar refractivity (Wildman–Crippen MR) is 154 cm³/mol. The average Bonchev–Trinajstić information content (AvgIpc) is 3.37. The first-order valence-electron chi connectivity index (χ1n) is 11.7. The standard InChI is InChI=1S/C13H16NO4PS.C11H16NO5PS/c1-3-15-19(20,16-4-2)18-13-10-12(17-14-13)11-8-6-5-7-9-11;1-8(2)16-11(13)9-6-4-5-7-10(9)17-18(14,15-3)19-12/h5-10H,3-4H2,1-2H3;4-8H,12H2,1-3H3. The molecule has 0 saturated heterocycles. The van der Waals surface area contributed by atoms with Crippen molar-refractivity contribution in [3.63, 3.8) is 0 Å². The van der Waals surface area contributed by atoms with Gasteiger partial charge >= 0.3 is 19.5 Å². The minimum Gasteiger partial charge on any atom is -0.459 e. The highest BCUT2D eigenvalue weighted by Crippen LogP contribution is 2.57. The SMILES string of the molecule is CCOP(=S)(OCC)Oc1cc(-c2ccccc2)on1.COP(=O)(Oc1ccccc1C(=O)OC(C)C)SN. The van der Waals surface area contributed by atoms with Crippen molar-refractivity contribution in [1.29, 1.82) is 0 Å². The molecule has 2 N–H and O–H groups in total. The molecular weight excluding hydrogens is 586 g/mol. The van der Waals surface area contributed by atoms with Crippen LogP contribution < -0.4 is 14.2 Å². The van der Waals surface area contributed by atoms with Gasteiger partial charge in [-0.15, -0.1) is 0 Å². The fraction of sp³-hybridized carbons (Fsp3) is 0.333. The van der Waals surface area contributed by atoms with Crippen molar-refractivity contribution in [1.82, 2.24) is 5.16 Å². The number of hydrogen-bond acceptors (Lipinski definition) is 13. The van der Waals surface area contributed by atoms with E-state index in [2.05, 4.69) is 5.16 Å². The summed E-state index contributed by atoms with van der Waals surface area (Å²) in [5, 5.41) is 9.11. The number of hydrogen-bond donors (Lipinski definition) is 1. The molecule has 0 saturated carbocycles. The van der Waals surface area contributed by atoms with Gasteiger partial charge in [-0.1, -0.05) is 42.5 Å². The Kier molecular flexibility index (Phi) is 13.7. The summed E-state index contributed by atoms with van der Waals surface area (Å²) in [5.41, 5.74) is 1.08. The van der Waals surface area contributed by atoms with Crippen molar-refractivity contribution >= 4 is 42.9 Å². The summed E-state index contributed by atoms with van der Waals surface area (Å²) in [6.07, 6.45) is -0.265. The van der Waals surface area contributed by atoms with E-state index in [1.807, 2.05) is 44.2 Å². The third kappa shape index (κ3) is 10.7. The number of para-hydroxylation sites is 1. The summed E-state index contributed by atoms with van der Waals surface area (Å²) in [6, 6.07) is 17.6. The number of nitrogens with two attached hydrogens (primary N) is 1. The summed E-state index contributed by atoms with van der Waals surface area (Å²) in [7, 11) is 1.22. The van der Waals surface area contributed by atoms with Crippen molar-refractivity contribution < 1.29 is 41.2 Å². The Morgan fingerprint density at radius 1 is 1.05 bits per heavy atom. The highest BCUT2D eigenvalue weighted by atomic mass is 32.7. The van der Waals surface area contributed by atoms with E-state index in [1.165, 1.54) is 19.2 Å². The number of carbonyl (C=O) groups is 1. The van der Waals surface area contributed by atoms with Crippen LogP contribution in [0.4, 0.5) is 0 Å². The van der Waals surface area contributed by atoms with Crippen LogP contribution in [0.5, 0.6) is 11.6 Å². The second-order valence-corrected chi connectivity index (χ2v) is 14.1. The maximum absolute atomic E-state index is 12.0. The second-order valence-electron chi connectivity index (χ2n) is 7.55. The van der Waals surface area contributed by atoms with Gasteiger partial charge in [-0.25, -0.2) is 9.36 Å². The monoisotopic (exact) mass is 618 g/mol. The number of rotatable bonds is 13. The van der Waals surface area contributed by atoms with Crippen LogP contribution >= 0.6 is 25.1 Å². The molecule has 0 spiro atoms. The van der Waals surface area contributed by atoms with Gasteiger partial charge in [0.25, 0.3) is 5.88 Å². The van der Waals surface area contributed by atoms with Crippen LogP contribution in [0, 0.1) is 0 Å². The van der Waals surface area contributed by atoms with Gasteiger partial charge < -0.3 is 18.3 Å². The van der Waals surface area contributed by atoms with Gasteiger partial charge in [-0.3, -0.25) is 18.7 Å². The lowest BCUT2D eigenvalue weighted by molar-refractivity contribution is 0.0376. The normalized spacial score (nSPS) is 12.7. The van der Waals surface area contributed by atoms with Crippen LogP contribution in [-0.4, -0.2) is 37.6 Å². The number of esters is 1. The van der Waals surface area contributed by atoms with Crippen molar-refractivity contribution in [2.45, 2.75) is 33.8 Å². The van der Waals surface area contributed by atoms with Gasteiger partial charge in [-0.2, -0.15) is 0 Å². The molecule has 1 atom stereocenters. The Labute approximate surface area is 237 Å². The minimum absolute atomic E-state index is 0.108. The van der Waals surface area contributed by atoms with Crippen LogP contribution in [0.1, 0.15) is 38.1 Å². The van der Waals surface area contributed by atoms with E-state index in [0.717, 1.165) is 5.56 Å². The molecule has 0 fully saturated rings. The molecule has 3 rings (SSSR count). The molecule has 0 amide bonds. The topological polar surface area (TPSA) is 142 Å². The molecular formula is C24H32N2O9P2S2. The smallest absolute Gasteiger partial charge is 0.454 e. The molecule has 39 heavy (non-hydrogen) atoms. The van der Waals surface area contributed by atoms with Crippen molar-refractivity contribution in [3.8, 4) is 23.0 Å². The Balaban J connectivity index is 0.000000274. The third-order valence-electron chi connectivity index (χ3n) is 4.34. The maximum Gasteiger partial charge on any atom is 0.454 e. The van der Waals surface area contributed by atoms with Gasteiger partial charge in [0.1, 0.15) is 11.3 Å². The van der Waals surface area contributed by atoms with Crippen molar-refractivity contribution in [2.24, 2.45) is 5.14 Å². The van der Waals surface area contributed by atoms with Crippen LogP contribution in [0.15, 0.2) is 65.2 Å². The third-order valence-corrected chi connectivity index (χ3v) is 9.33. The minimum atomic E-state index is -3.52. The van der Waals surface area contributed by atoms with Crippen LogP contribution in [0.2, 0.25) is 0 Å². The number of benzene rings is 2. The summed E-state index contributed by atoms with van der Waals surface area (Å²) in [5.74, 6) is 0.427. The van der Waals surface area contributed by atoms with Crippen molar-refractivity contribution in [3.05, 3.63) is 66.2 Å².